The molecule has 0 fully saturated rings. The van der Waals surface area contributed by atoms with Crippen molar-refractivity contribution >= 4 is 29.2 Å². The summed E-state index contributed by atoms with van der Waals surface area (Å²) in [6.45, 7) is 1.66. The number of nitrogen functional groups attached to an aromatic ring is 1. The number of halogens is 1. The number of pyridine rings is 1. The SMILES string of the molecule is CCC(NC(=O)O)C(=O)N(c1ccccc1)c1nc(OC)c(F)cc1N. The largest absolute Gasteiger partial charge is 0.479 e. The Hall–Kier alpha value is -3.36. The van der Waals surface area contributed by atoms with Crippen molar-refractivity contribution in [3.05, 3.63) is 42.2 Å². The number of carboxylic acid groups (broad SMARTS) is 1. The Labute approximate surface area is 149 Å². The second-order valence-electron chi connectivity index (χ2n) is 5.31. The minimum Gasteiger partial charge on any atom is -0.479 e. The van der Waals surface area contributed by atoms with Crippen LogP contribution < -0.4 is 20.7 Å². The molecule has 1 heterocycles. The maximum Gasteiger partial charge on any atom is 0.405 e. The third-order valence-corrected chi connectivity index (χ3v) is 3.60. The number of nitrogens with two attached hydrogens (primary N) is 1. The smallest absolute Gasteiger partial charge is 0.405 e. The molecule has 0 aliphatic carbocycles. The van der Waals surface area contributed by atoms with Crippen molar-refractivity contribution in [1.29, 1.82) is 0 Å². The van der Waals surface area contributed by atoms with Crippen LogP contribution >= 0.6 is 0 Å². The summed E-state index contributed by atoms with van der Waals surface area (Å²) in [5, 5.41) is 11.1. The Morgan fingerprint density at radius 2 is 2.04 bits per heavy atom. The van der Waals surface area contributed by atoms with Crippen molar-refractivity contribution in [3.8, 4) is 5.88 Å². The minimum absolute atomic E-state index is 0.0508. The Morgan fingerprint density at radius 3 is 2.58 bits per heavy atom. The number of carbonyl (C=O) groups excluding carboxylic acids is 1. The Bertz CT molecular complexity index is 801. The van der Waals surface area contributed by atoms with Gasteiger partial charge in [-0.15, -0.1) is 0 Å². The number of anilines is 3. The van der Waals surface area contributed by atoms with Gasteiger partial charge in [-0.05, 0) is 18.6 Å². The van der Waals surface area contributed by atoms with Crippen molar-refractivity contribution in [1.82, 2.24) is 10.3 Å². The fourth-order valence-corrected chi connectivity index (χ4v) is 2.37. The van der Waals surface area contributed by atoms with E-state index in [1.165, 1.54) is 7.11 Å². The number of amides is 2. The fraction of sp³-hybridized carbons (Fsp3) is 0.235. The highest BCUT2D eigenvalue weighted by Gasteiger charge is 2.30. The maximum absolute atomic E-state index is 13.8. The van der Waals surface area contributed by atoms with Gasteiger partial charge in [0.2, 0.25) is 0 Å². The molecule has 0 saturated carbocycles. The average molecular weight is 362 g/mol. The van der Waals surface area contributed by atoms with E-state index in [1.807, 2.05) is 0 Å². The number of nitrogens with one attached hydrogen (secondary N) is 1. The highest BCUT2D eigenvalue weighted by molar-refractivity contribution is 6.05. The normalized spacial score (nSPS) is 11.5. The first-order valence-electron chi connectivity index (χ1n) is 7.77. The lowest BCUT2D eigenvalue weighted by molar-refractivity contribution is -0.119. The van der Waals surface area contributed by atoms with Gasteiger partial charge in [0.25, 0.3) is 11.8 Å². The zero-order valence-electron chi connectivity index (χ0n) is 14.3. The summed E-state index contributed by atoms with van der Waals surface area (Å²) >= 11 is 0. The second kappa shape index (κ2) is 8.15. The van der Waals surface area contributed by atoms with E-state index in [1.54, 1.807) is 37.3 Å². The number of ether oxygens (including phenoxy) is 1. The number of hydrogen-bond donors (Lipinski definition) is 3. The Morgan fingerprint density at radius 1 is 1.38 bits per heavy atom. The van der Waals surface area contributed by atoms with Gasteiger partial charge >= 0.3 is 6.09 Å². The summed E-state index contributed by atoms with van der Waals surface area (Å²) in [4.78, 5) is 29.1. The molecule has 0 saturated heterocycles. The number of hydrogen-bond acceptors (Lipinski definition) is 5. The van der Waals surface area contributed by atoms with Crippen molar-refractivity contribution in [2.24, 2.45) is 0 Å². The fourth-order valence-electron chi connectivity index (χ4n) is 2.37. The zero-order chi connectivity index (χ0) is 19.3. The third-order valence-electron chi connectivity index (χ3n) is 3.60. The van der Waals surface area contributed by atoms with E-state index in [0.717, 1.165) is 11.0 Å². The molecule has 138 valence electrons. The first-order chi connectivity index (χ1) is 12.4. The molecule has 4 N–H and O–H groups in total. The predicted octanol–water partition coefficient (Wildman–Crippen LogP) is 2.52. The van der Waals surface area contributed by atoms with Gasteiger partial charge in [-0.2, -0.15) is 4.98 Å². The lowest BCUT2D eigenvalue weighted by atomic mass is 10.1. The molecule has 0 aliphatic heterocycles. The molecule has 2 amide bonds. The van der Waals surface area contributed by atoms with Crippen LogP contribution in [0.2, 0.25) is 0 Å². The first-order valence-corrected chi connectivity index (χ1v) is 7.77. The van der Waals surface area contributed by atoms with Crippen LogP contribution in [0, 0.1) is 5.82 Å². The molecular weight excluding hydrogens is 343 g/mol. The van der Waals surface area contributed by atoms with E-state index in [-0.39, 0.29) is 23.8 Å². The lowest BCUT2D eigenvalue weighted by Crippen LogP contribution is -2.46. The van der Waals surface area contributed by atoms with E-state index < -0.39 is 23.9 Å². The van der Waals surface area contributed by atoms with Gasteiger partial charge in [0.15, 0.2) is 11.6 Å². The molecule has 2 rings (SSSR count). The van der Waals surface area contributed by atoms with Crippen LogP contribution in [0.4, 0.5) is 26.4 Å². The molecule has 1 aromatic carbocycles. The van der Waals surface area contributed by atoms with Gasteiger partial charge in [-0.25, -0.2) is 9.18 Å². The number of carbonyl (C=O) groups is 2. The summed E-state index contributed by atoms with van der Waals surface area (Å²) in [5.74, 6) is -1.76. The van der Waals surface area contributed by atoms with Crippen molar-refractivity contribution < 1.29 is 23.8 Å². The van der Waals surface area contributed by atoms with Crippen molar-refractivity contribution in [2.45, 2.75) is 19.4 Å². The van der Waals surface area contributed by atoms with Crippen molar-refractivity contribution in [3.63, 3.8) is 0 Å². The van der Waals surface area contributed by atoms with Gasteiger partial charge in [-0.1, -0.05) is 25.1 Å². The molecule has 8 nitrogen and oxygen atoms in total. The molecule has 1 unspecified atom stereocenters. The van der Waals surface area contributed by atoms with Gasteiger partial charge in [-0.3, -0.25) is 9.69 Å². The monoisotopic (exact) mass is 362 g/mol. The van der Waals surface area contributed by atoms with E-state index in [9.17, 15) is 14.0 Å². The van der Waals surface area contributed by atoms with Crippen LogP contribution in [-0.2, 0) is 4.79 Å². The minimum atomic E-state index is -1.34. The Kier molecular flexibility index (Phi) is 5.94. The highest BCUT2D eigenvalue weighted by Crippen LogP contribution is 2.32. The predicted molar refractivity (Wildman–Crippen MR) is 94.0 cm³/mol. The zero-order valence-corrected chi connectivity index (χ0v) is 14.3. The number of nitrogens with zero attached hydrogens (tertiary/aromatic N) is 2. The number of para-hydroxylation sites is 1. The topological polar surface area (TPSA) is 118 Å². The number of aromatic nitrogens is 1. The van der Waals surface area contributed by atoms with Crippen LogP contribution in [0.3, 0.4) is 0 Å². The summed E-state index contributed by atoms with van der Waals surface area (Å²) in [7, 11) is 1.24. The van der Waals surface area contributed by atoms with Gasteiger partial charge in [0, 0.05) is 6.07 Å². The van der Waals surface area contributed by atoms with E-state index in [4.69, 9.17) is 15.6 Å². The summed E-state index contributed by atoms with van der Waals surface area (Å²) < 4.78 is 18.7. The van der Waals surface area contributed by atoms with E-state index in [2.05, 4.69) is 10.3 Å². The quantitative estimate of drug-likeness (QED) is 0.727. The molecule has 0 radical (unpaired) electrons. The number of methoxy groups -OCH3 is 1. The van der Waals surface area contributed by atoms with Crippen LogP contribution in [0.5, 0.6) is 5.88 Å². The van der Waals surface area contributed by atoms with Gasteiger partial charge < -0.3 is 20.9 Å². The molecule has 0 spiro atoms. The number of benzene rings is 1. The van der Waals surface area contributed by atoms with Crippen LogP contribution in [0.1, 0.15) is 13.3 Å². The van der Waals surface area contributed by atoms with Crippen LogP contribution in [0.15, 0.2) is 36.4 Å². The molecule has 1 aromatic heterocycles. The lowest BCUT2D eigenvalue weighted by Gasteiger charge is -2.27. The molecule has 26 heavy (non-hydrogen) atoms. The van der Waals surface area contributed by atoms with Crippen LogP contribution in [0.25, 0.3) is 0 Å². The average Bonchev–Trinajstić information content (AvgIpc) is 2.62. The summed E-state index contributed by atoms with van der Waals surface area (Å²) in [6, 6.07) is 8.35. The van der Waals surface area contributed by atoms with Gasteiger partial charge in [0.05, 0.1) is 18.5 Å². The highest BCUT2D eigenvalue weighted by atomic mass is 19.1. The molecule has 2 aromatic rings. The summed E-state index contributed by atoms with van der Waals surface area (Å²) in [6.07, 6.45) is -1.14. The van der Waals surface area contributed by atoms with Crippen LogP contribution in [-0.4, -0.2) is 35.2 Å². The first kappa shape index (κ1) is 19.0. The second-order valence-corrected chi connectivity index (χ2v) is 5.31. The standard InChI is InChI=1S/C17H19FN4O4/c1-3-13(20-17(24)25)16(23)22(10-7-5-4-6-8-10)14-12(19)9-11(18)15(21-14)26-2/h4-9,13,20H,3,19H2,1-2H3,(H,24,25). The maximum atomic E-state index is 13.8. The molecule has 0 bridgehead atoms. The molecular formula is C17H19FN4O4. The molecule has 1 atom stereocenters. The molecule has 9 heteroatoms. The molecule has 0 aliphatic rings. The third kappa shape index (κ3) is 4.00. The number of rotatable bonds is 6. The van der Waals surface area contributed by atoms with E-state index in [0.29, 0.717) is 5.69 Å². The van der Waals surface area contributed by atoms with Gasteiger partial charge in [0.1, 0.15) is 6.04 Å². The van der Waals surface area contributed by atoms with Crippen molar-refractivity contribution in [2.75, 3.05) is 17.7 Å². The Balaban J connectivity index is 2.59. The summed E-state index contributed by atoms with van der Waals surface area (Å²) in [5.41, 5.74) is 6.18. The van der Waals surface area contributed by atoms with E-state index >= 15 is 0 Å².